The molecule has 1 atom stereocenters. The molecule has 2 rings (SSSR count). The van der Waals surface area contributed by atoms with Gasteiger partial charge in [-0.2, -0.15) is 0 Å². The molecule has 0 heterocycles. The first kappa shape index (κ1) is 19.0. The number of amides is 2. The van der Waals surface area contributed by atoms with Crippen LogP contribution >= 0.6 is 11.8 Å². The third-order valence-corrected chi connectivity index (χ3v) is 4.21. The van der Waals surface area contributed by atoms with E-state index in [1.54, 1.807) is 24.9 Å². The van der Waals surface area contributed by atoms with Crippen LogP contribution in [-0.2, 0) is 9.59 Å². The first-order valence-electron chi connectivity index (χ1n) is 7.77. The normalized spacial score (nSPS) is 11.6. The van der Waals surface area contributed by atoms with Crippen LogP contribution in [0.15, 0.2) is 53.4 Å². The van der Waals surface area contributed by atoms with Gasteiger partial charge in [0.2, 0.25) is 0 Å². The fourth-order valence-corrected chi connectivity index (χ4v) is 2.88. The summed E-state index contributed by atoms with van der Waals surface area (Å²) in [5.74, 6) is -0.858. The Kier molecular flexibility index (Phi) is 6.97. The quantitative estimate of drug-likeness (QED) is 0.656. The summed E-state index contributed by atoms with van der Waals surface area (Å²) in [6.45, 7) is 0.257. The van der Waals surface area contributed by atoms with Crippen molar-refractivity contribution in [2.45, 2.75) is 4.90 Å². The number of benzene rings is 2. The lowest BCUT2D eigenvalue weighted by Crippen LogP contribution is -3.11. The first-order chi connectivity index (χ1) is 12.0. The molecule has 2 aromatic rings. The molecule has 0 aliphatic heterocycles. The van der Waals surface area contributed by atoms with Gasteiger partial charge < -0.3 is 15.5 Å². The number of para-hydroxylation sites is 1. The maximum absolute atomic E-state index is 13.1. The fourth-order valence-electron chi connectivity index (χ4n) is 2.32. The van der Waals surface area contributed by atoms with Gasteiger partial charge in [-0.15, -0.1) is 11.8 Å². The van der Waals surface area contributed by atoms with Crippen LogP contribution in [0.2, 0.25) is 0 Å². The number of nitrogens with one attached hydrogen (secondary N) is 3. The van der Waals surface area contributed by atoms with Gasteiger partial charge in [0.15, 0.2) is 13.1 Å². The number of likely N-dealkylation sites (N-methyl/N-ethyl adjacent to an activating group) is 1. The van der Waals surface area contributed by atoms with Gasteiger partial charge in [0.1, 0.15) is 5.82 Å². The largest absolute Gasteiger partial charge is 0.322 e. The van der Waals surface area contributed by atoms with Gasteiger partial charge in [0, 0.05) is 10.6 Å². The van der Waals surface area contributed by atoms with Crippen molar-refractivity contribution in [1.82, 2.24) is 0 Å². The summed E-state index contributed by atoms with van der Waals surface area (Å²) in [7, 11) is 1.76. The molecule has 0 aromatic heterocycles. The first-order valence-corrected chi connectivity index (χ1v) is 9.00. The topological polar surface area (TPSA) is 62.6 Å². The molecule has 0 aliphatic carbocycles. The summed E-state index contributed by atoms with van der Waals surface area (Å²) in [5.41, 5.74) is 1.16. The Labute approximate surface area is 150 Å². The predicted molar refractivity (Wildman–Crippen MR) is 98.5 cm³/mol. The molecular formula is C18H21FN3O2S+. The molecule has 132 valence electrons. The molecule has 7 heteroatoms. The number of thioether (sulfide) groups is 1. The van der Waals surface area contributed by atoms with Gasteiger partial charge in [-0.1, -0.05) is 18.2 Å². The second-order valence-corrected chi connectivity index (χ2v) is 6.47. The van der Waals surface area contributed by atoms with Crippen molar-refractivity contribution in [2.75, 3.05) is 37.0 Å². The zero-order chi connectivity index (χ0) is 18.2. The van der Waals surface area contributed by atoms with Crippen LogP contribution in [-0.4, -0.2) is 38.2 Å². The average Bonchev–Trinajstić information content (AvgIpc) is 2.54. The molecule has 2 aromatic carbocycles. The van der Waals surface area contributed by atoms with Gasteiger partial charge in [0.05, 0.1) is 12.7 Å². The summed E-state index contributed by atoms with van der Waals surface area (Å²) in [6, 6.07) is 13.2. The lowest BCUT2D eigenvalue weighted by Gasteiger charge is -2.14. The third kappa shape index (κ3) is 6.21. The minimum absolute atomic E-state index is 0.105. The van der Waals surface area contributed by atoms with E-state index >= 15 is 0 Å². The summed E-state index contributed by atoms with van der Waals surface area (Å²) in [4.78, 5) is 25.9. The third-order valence-electron chi connectivity index (χ3n) is 3.41. The Balaban J connectivity index is 1.83. The smallest absolute Gasteiger partial charge is 0.279 e. The minimum atomic E-state index is -0.412. The van der Waals surface area contributed by atoms with E-state index in [4.69, 9.17) is 0 Å². The molecule has 1 unspecified atom stereocenters. The monoisotopic (exact) mass is 362 g/mol. The number of hydrogen-bond donors (Lipinski definition) is 3. The molecule has 0 spiro atoms. The highest BCUT2D eigenvalue weighted by molar-refractivity contribution is 7.98. The van der Waals surface area contributed by atoms with E-state index in [0.717, 1.165) is 15.5 Å². The molecule has 2 amide bonds. The number of hydrogen-bond acceptors (Lipinski definition) is 3. The van der Waals surface area contributed by atoms with Crippen LogP contribution in [0.4, 0.5) is 15.8 Å². The van der Waals surface area contributed by atoms with Crippen LogP contribution < -0.4 is 15.5 Å². The van der Waals surface area contributed by atoms with Gasteiger partial charge in [-0.05, 0) is 36.6 Å². The second kappa shape index (κ2) is 9.19. The van der Waals surface area contributed by atoms with Crippen LogP contribution in [0.3, 0.4) is 0 Å². The van der Waals surface area contributed by atoms with Crippen molar-refractivity contribution >= 4 is 35.0 Å². The van der Waals surface area contributed by atoms with Gasteiger partial charge in [0.25, 0.3) is 11.8 Å². The maximum Gasteiger partial charge on any atom is 0.279 e. The van der Waals surface area contributed by atoms with Crippen molar-refractivity contribution in [3.63, 3.8) is 0 Å². The Morgan fingerprint density at radius 1 is 1.04 bits per heavy atom. The molecule has 0 fully saturated rings. The molecular weight excluding hydrogens is 341 g/mol. The number of anilines is 2. The SMILES string of the molecule is CSc1ccccc1NC(=O)C[NH+](C)CC(=O)Nc1cccc(F)c1. The summed E-state index contributed by atoms with van der Waals surface area (Å²) >= 11 is 1.55. The van der Waals surface area contributed by atoms with Gasteiger partial charge in [-0.3, -0.25) is 9.59 Å². The lowest BCUT2D eigenvalue weighted by molar-refractivity contribution is -0.862. The number of carbonyl (C=O) groups excluding carboxylic acids is 2. The number of rotatable bonds is 7. The van der Waals surface area contributed by atoms with Gasteiger partial charge in [-0.25, -0.2) is 4.39 Å². The van der Waals surface area contributed by atoms with Crippen LogP contribution in [0, 0.1) is 5.82 Å². The van der Waals surface area contributed by atoms with Crippen molar-refractivity contribution < 1.29 is 18.9 Å². The van der Waals surface area contributed by atoms with E-state index in [1.807, 2.05) is 30.5 Å². The Hall–Kier alpha value is -2.38. The summed E-state index contributed by atoms with van der Waals surface area (Å²) in [5, 5.41) is 5.48. The van der Waals surface area contributed by atoms with Crippen molar-refractivity contribution in [1.29, 1.82) is 0 Å². The highest BCUT2D eigenvalue weighted by Crippen LogP contribution is 2.24. The van der Waals surface area contributed by atoms with Crippen LogP contribution in [0.25, 0.3) is 0 Å². The number of halogens is 1. The van der Waals surface area contributed by atoms with E-state index in [-0.39, 0.29) is 24.9 Å². The molecule has 0 saturated carbocycles. The number of quaternary nitrogens is 1. The zero-order valence-electron chi connectivity index (χ0n) is 14.1. The Morgan fingerprint density at radius 2 is 1.72 bits per heavy atom. The molecule has 5 nitrogen and oxygen atoms in total. The minimum Gasteiger partial charge on any atom is -0.322 e. The lowest BCUT2D eigenvalue weighted by atomic mass is 10.3. The maximum atomic E-state index is 13.1. The molecule has 3 N–H and O–H groups in total. The van der Waals surface area contributed by atoms with E-state index in [0.29, 0.717) is 5.69 Å². The molecule has 0 saturated heterocycles. The second-order valence-electron chi connectivity index (χ2n) is 5.62. The number of carbonyl (C=O) groups is 2. The average molecular weight is 362 g/mol. The van der Waals surface area contributed by atoms with E-state index in [2.05, 4.69) is 10.6 Å². The molecule has 0 bridgehead atoms. The molecule has 0 radical (unpaired) electrons. The Bertz CT molecular complexity index is 755. The van der Waals surface area contributed by atoms with Crippen molar-refractivity contribution in [2.24, 2.45) is 0 Å². The van der Waals surface area contributed by atoms with Gasteiger partial charge >= 0.3 is 0 Å². The zero-order valence-corrected chi connectivity index (χ0v) is 15.0. The van der Waals surface area contributed by atoms with Crippen LogP contribution in [0.5, 0.6) is 0 Å². The molecule has 25 heavy (non-hydrogen) atoms. The van der Waals surface area contributed by atoms with Crippen molar-refractivity contribution in [3.8, 4) is 0 Å². The molecule has 0 aliphatic rings. The summed E-state index contributed by atoms with van der Waals surface area (Å²) in [6.07, 6.45) is 1.94. The van der Waals surface area contributed by atoms with Crippen LogP contribution in [0.1, 0.15) is 0 Å². The highest BCUT2D eigenvalue weighted by Gasteiger charge is 2.15. The van der Waals surface area contributed by atoms with E-state index < -0.39 is 5.82 Å². The van der Waals surface area contributed by atoms with Crippen molar-refractivity contribution in [3.05, 3.63) is 54.3 Å². The summed E-state index contributed by atoms with van der Waals surface area (Å²) < 4.78 is 13.1. The highest BCUT2D eigenvalue weighted by atomic mass is 32.2. The predicted octanol–water partition coefficient (Wildman–Crippen LogP) is 1.64. The van der Waals surface area contributed by atoms with E-state index in [9.17, 15) is 14.0 Å². The Morgan fingerprint density at radius 3 is 2.40 bits per heavy atom. The fraction of sp³-hybridized carbons (Fsp3) is 0.222. The van der Waals surface area contributed by atoms with E-state index in [1.165, 1.54) is 18.2 Å². The standard InChI is InChI=1S/C18H20FN3O2S/c1-22(11-17(23)20-14-7-5-6-13(19)10-14)12-18(24)21-15-8-3-4-9-16(15)25-2/h3-10H,11-12H2,1-2H3,(H,20,23)(H,21,24)/p+1.